The molecule has 0 amide bonds. The molecule has 0 radical (unpaired) electrons. The van der Waals surface area contributed by atoms with Crippen molar-refractivity contribution < 1.29 is 13.5 Å². The summed E-state index contributed by atoms with van der Waals surface area (Å²) >= 11 is 0. The lowest BCUT2D eigenvalue weighted by Gasteiger charge is -2.28. The summed E-state index contributed by atoms with van der Waals surface area (Å²) in [6.07, 6.45) is 7.15. The minimum absolute atomic E-state index is 0.104. The number of aromatic nitrogens is 2. The summed E-state index contributed by atoms with van der Waals surface area (Å²) < 4.78 is 34.0. The minimum Gasteiger partial charge on any atom is -0.593 e. The molecule has 2 unspecified atom stereocenters. The van der Waals surface area contributed by atoms with Gasteiger partial charge in [-0.1, -0.05) is 10.3 Å². The summed E-state index contributed by atoms with van der Waals surface area (Å²) in [5.41, 5.74) is 0.500. The predicted molar refractivity (Wildman–Crippen MR) is 86.8 cm³/mol. The Hall–Kier alpha value is -1.87. The molecule has 24 heavy (non-hydrogen) atoms. The summed E-state index contributed by atoms with van der Waals surface area (Å²) in [6, 6.07) is 5.52. The number of sulfonamides is 1. The maximum absolute atomic E-state index is 12.7. The summed E-state index contributed by atoms with van der Waals surface area (Å²) in [5, 5.41) is 0. The number of hydrogen-bond acceptors (Lipinski definition) is 6. The molecular weight excluding hydrogens is 328 g/mol. The molecule has 1 N–H and O–H groups in total. The molecule has 1 spiro atoms. The number of rotatable bonds is 2. The van der Waals surface area contributed by atoms with E-state index in [-0.39, 0.29) is 4.90 Å². The first-order valence-electron chi connectivity index (χ1n) is 7.78. The van der Waals surface area contributed by atoms with Gasteiger partial charge in [0.15, 0.2) is 16.1 Å². The van der Waals surface area contributed by atoms with Crippen LogP contribution in [0.15, 0.2) is 47.9 Å². The fourth-order valence-electron chi connectivity index (χ4n) is 3.32. The van der Waals surface area contributed by atoms with Crippen LogP contribution in [-0.4, -0.2) is 44.7 Å². The fourth-order valence-corrected chi connectivity index (χ4v) is 4.81. The summed E-state index contributed by atoms with van der Waals surface area (Å²) in [4.78, 5) is 10.4. The lowest BCUT2D eigenvalue weighted by Crippen LogP contribution is -2.54. The number of nitrogens with zero attached hydrogens (tertiary/aromatic N) is 3. The lowest BCUT2D eigenvalue weighted by atomic mass is 10.0. The van der Waals surface area contributed by atoms with E-state index in [1.807, 2.05) is 18.3 Å². The van der Waals surface area contributed by atoms with Crippen LogP contribution in [0.5, 0.6) is 5.75 Å². The molecule has 0 aromatic carbocycles. The zero-order chi connectivity index (χ0) is 16.6. The average molecular weight is 346 g/mol. The zero-order valence-corrected chi connectivity index (χ0v) is 13.9. The third-order valence-electron chi connectivity index (χ3n) is 4.45. The Labute approximate surface area is 141 Å². The maximum Gasteiger partial charge on any atom is 0.235 e. The van der Waals surface area contributed by atoms with Gasteiger partial charge in [-0.3, -0.25) is 14.9 Å². The Morgan fingerprint density at radius 3 is 3.04 bits per heavy atom. The van der Waals surface area contributed by atoms with Crippen LogP contribution in [0.1, 0.15) is 12.0 Å². The molecule has 2 atom stereocenters. The van der Waals surface area contributed by atoms with Crippen molar-refractivity contribution in [3.63, 3.8) is 0 Å². The van der Waals surface area contributed by atoms with Crippen LogP contribution in [0.25, 0.3) is 0 Å². The fraction of sp³-hybridized carbons (Fsp3) is 0.375. The molecule has 126 valence electrons. The SMILES string of the molecule is O=[S+]1([O-])NC2(CCN(Cc3cccnc3)C2)COc2ccncc21. The van der Waals surface area contributed by atoms with Crippen molar-refractivity contribution in [2.24, 2.45) is 0 Å². The van der Waals surface area contributed by atoms with Gasteiger partial charge in [0.05, 0.1) is 6.20 Å². The first kappa shape index (κ1) is 15.6. The third kappa shape index (κ3) is 2.93. The number of likely N-dealkylation sites (tertiary alicyclic amines) is 1. The molecule has 7 nitrogen and oxygen atoms in total. The average Bonchev–Trinajstić information content (AvgIpc) is 2.91. The van der Waals surface area contributed by atoms with Crippen LogP contribution in [0.2, 0.25) is 0 Å². The second-order valence-electron chi connectivity index (χ2n) is 6.32. The van der Waals surface area contributed by atoms with E-state index in [9.17, 15) is 8.76 Å². The molecule has 0 bridgehead atoms. The van der Waals surface area contributed by atoms with Gasteiger partial charge in [0, 0.05) is 44.3 Å². The molecule has 0 aliphatic carbocycles. The number of pyridine rings is 2. The van der Waals surface area contributed by atoms with E-state index in [2.05, 4.69) is 19.6 Å². The molecule has 8 heteroatoms. The standard InChI is InChI=1S/C16H18N4O3S/c21-24(22)15-9-18-6-3-14(15)23-12-16(19-24)4-7-20(11-16)10-13-2-1-5-17-8-13/h1-3,5-6,8-9H,4,7,10-12H2,(H-,19,21,22). The van der Waals surface area contributed by atoms with Crippen molar-refractivity contribution in [1.82, 2.24) is 19.6 Å². The topological polar surface area (TPSA) is 90.4 Å². The Bertz CT molecular complexity index is 788. The second kappa shape index (κ2) is 5.89. The van der Waals surface area contributed by atoms with Crippen molar-refractivity contribution in [2.45, 2.75) is 23.4 Å². The van der Waals surface area contributed by atoms with Gasteiger partial charge >= 0.3 is 0 Å². The highest BCUT2D eigenvalue weighted by molar-refractivity contribution is 7.96. The molecule has 2 aromatic heterocycles. The molecule has 2 aromatic rings. The van der Waals surface area contributed by atoms with Crippen molar-refractivity contribution in [3.8, 4) is 5.75 Å². The van der Waals surface area contributed by atoms with E-state index in [0.717, 1.165) is 18.7 Å². The second-order valence-corrected chi connectivity index (χ2v) is 7.97. The van der Waals surface area contributed by atoms with Crippen molar-refractivity contribution in [2.75, 3.05) is 19.7 Å². The number of ether oxygens (including phenoxy) is 1. The largest absolute Gasteiger partial charge is 0.593 e. The zero-order valence-electron chi connectivity index (χ0n) is 13.1. The van der Waals surface area contributed by atoms with Crippen LogP contribution < -0.4 is 9.46 Å². The summed E-state index contributed by atoms with van der Waals surface area (Å²) in [7, 11) is -3.64. The molecule has 2 aliphatic heterocycles. The first-order valence-corrected chi connectivity index (χ1v) is 9.27. The predicted octanol–water partition coefficient (Wildman–Crippen LogP) is 1.01. The number of hydrogen-bond donors (Lipinski definition) is 1. The Kier molecular flexibility index (Phi) is 3.84. The van der Waals surface area contributed by atoms with Gasteiger partial charge in [-0.05, 0) is 18.1 Å². The van der Waals surface area contributed by atoms with Crippen LogP contribution in [0, 0.1) is 0 Å². The smallest absolute Gasteiger partial charge is 0.235 e. The summed E-state index contributed by atoms with van der Waals surface area (Å²) in [6.45, 7) is 2.45. The molecule has 2 aliphatic rings. The maximum atomic E-state index is 12.7. The van der Waals surface area contributed by atoms with Gasteiger partial charge in [-0.2, -0.15) is 0 Å². The highest BCUT2D eigenvalue weighted by atomic mass is 32.3. The normalized spacial score (nSPS) is 29.9. The molecule has 1 saturated heterocycles. The molecule has 4 rings (SSSR count). The van der Waals surface area contributed by atoms with E-state index in [4.69, 9.17) is 4.74 Å². The van der Waals surface area contributed by atoms with E-state index in [0.29, 0.717) is 25.3 Å². The van der Waals surface area contributed by atoms with Gasteiger partial charge < -0.3 is 9.29 Å². The van der Waals surface area contributed by atoms with Crippen LogP contribution >= 0.6 is 0 Å². The quantitative estimate of drug-likeness (QED) is 0.816. The molecule has 1 fully saturated rings. The van der Waals surface area contributed by atoms with Gasteiger partial charge in [-0.15, -0.1) is 4.72 Å². The van der Waals surface area contributed by atoms with E-state index < -0.39 is 15.9 Å². The highest BCUT2D eigenvalue weighted by Gasteiger charge is 2.47. The Morgan fingerprint density at radius 1 is 1.33 bits per heavy atom. The Balaban J connectivity index is 1.54. The van der Waals surface area contributed by atoms with E-state index in [1.165, 1.54) is 12.4 Å². The minimum atomic E-state index is -3.64. The van der Waals surface area contributed by atoms with Crippen molar-refractivity contribution in [3.05, 3.63) is 48.5 Å². The van der Waals surface area contributed by atoms with Crippen LogP contribution in [0.3, 0.4) is 0 Å². The number of nitrogens with one attached hydrogen (secondary N) is 1. The van der Waals surface area contributed by atoms with Crippen molar-refractivity contribution in [1.29, 1.82) is 0 Å². The van der Waals surface area contributed by atoms with Gasteiger partial charge in [0.25, 0.3) is 0 Å². The molecule has 0 saturated carbocycles. The summed E-state index contributed by atoms with van der Waals surface area (Å²) in [5.74, 6) is 0.361. The van der Waals surface area contributed by atoms with Crippen molar-refractivity contribution >= 4 is 10.4 Å². The van der Waals surface area contributed by atoms with Gasteiger partial charge in [-0.25, -0.2) is 0 Å². The third-order valence-corrected chi connectivity index (χ3v) is 6.04. The highest BCUT2D eigenvalue weighted by Crippen LogP contribution is 2.34. The van der Waals surface area contributed by atoms with Crippen LogP contribution in [-0.2, 0) is 21.2 Å². The number of fused-ring (bicyclic) bond motifs is 1. The van der Waals surface area contributed by atoms with Gasteiger partial charge in [0.1, 0.15) is 12.1 Å². The van der Waals surface area contributed by atoms with E-state index >= 15 is 0 Å². The Morgan fingerprint density at radius 2 is 2.21 bits per heavy atom. The molecular formula is C16H18N4O3S. The monoisotopic (exact) mass is 346 g/mol. The lowest BCUT2D eigenvalue weighted by molar-refractivity contribution is 0.198. The van der Waals surface area contributed by atoms with Gasteiger partial charge in [0.2, 0.25) is 4.90 Å². The first-order chi connectivity index (χ1) is 11.6. The molecule has 4 heterocycles. The van der Waals surface area contributed by atoms with E-state index in [1.54, 1.807) is 12.3 Å². The van der Waals surface area contributed by atoms with Crippen LogP contribution in [0.4, 0.5) is 0 Å².